The van der Waals surface area contributed by atoms with Crippen molar-refractivity contribution in [1.29, 1.82) is 0 Å². The number of ether oxygens (including phenoxy) is 3. The Labute approximate surface area is 186 Å². The molecule has 2 saturated carbocycles. The van der Waals surface area contributed by atoms with Crippen LogP contribution in [-0.2, 0) is 38.2 Å². The van der Waals surface area contributed by atoms with Gasteiger partial charge in [-0.25, -0.2) is 0 Å². The third-order valence-electron chi connectivity index (χ3n) is 7.45. The predicted molar refractivity (Wildman–Crippen MR) is 111 cm³/mol. The molecule has 1 aliphatic heterocycles. The van der Waals surface area contributed by atoms with E-state index in [-0.39, 0.29) is 23.7 Å². The predicted octanol–water partition coefficient (Wildman–Crippen LogP) is 2.31. The van der Waals surface area contributed by atoms with Gasteiger partial charge in [-0.3, -0.25) is 24.0 Å². The second-order valence-corrected chi connectivity index (χ2v) is 10.5. The van der Waals surface area contributed by atoms with E-state index in [2.05, 4.69) is 0 Å². The van der Waals surface area contributed by atoms with Crippen molar-refractivity contribution in [1.82, 2.24) is 0 Å². The van der Waals surface area contributed by atoms with Gasteiger partial charge in [0.1, 0.15) is 0 Å². The van der Waals surface area contributed by atoms with Gasteiger partial charge in [0, 0.05) is 19.3 Å². The summed E-state index contributed by atoms with van der Waals surface area (Å²) in [7, 11) is 1.29. The lowest BCUT2D eigenvalue weighted by molar-refractivity contribution is -0.209. The molecule has 0 radical (unpaired) electrons. The van der Waals surface area contributed by atoms with E-state index in [0.717, 1.165) is 11.8 Å². The summed E-state index contributed by atoms with van der Waals surface area (Å²) in [6, 6.07) is 0. The van der Waals surface area contributed by atoms with Crippen LogP contribution in [-0.4, -0.2) is 53.9 Å². The van der Waals surface area contributed by atoms with E-state index in [1.165, 1.54) is 14.0 Å². The SMILES string of the molecule is CCSC(=O)[C@@H]1C[C@]2(C)[C@H]3C(=O)[C@@H](OC(C)=O)C[C@@H](C(=O)OC)[C@]3(C)CC[C@H]2C(=O)O1. The number of cyclic esters (lactones) is 1. The van der Waals surface area contributed by atoms with Crippen LogP contribution in [0.1, 0.15) is 53.4 Å². The van der Waals surface area contributed by atoms with E-state index in [4.69, 9.17) is 14.2 Å². The van der Waals surface area contributed by atoms with Crippen molar-refractivity contribution < 1.29 is 38.2 Å². The quantitative estimate of drug-likeness (QED) is 0.466. The molecule has 1 saturated heterocycles. The highest BCUT2D eigenvalue weighted by molar-refractivity contribution is 8.13. The second kappa shape index (κ2) is 8.56. The summed E-state index contributed by atoms with van der Waals surface area (Å²) in [5.41, 5.74) is -1.69. The van der Waals surface area contributed by atoms with Crippen molar-refractivity contribution in [2.45, 2.75) is 65.6 Å². The van der Waals surface area contributed by atoms with E-state index in [1.807, 2.05) is 20.8 Å². The third kappa shape index (κ3) is 3.90. The van der Waals surface area contributed by atoms with E-state index in [0.29, 0.717) is 18.6 Å². The summed E-state index contributed by atoms with van der Waals surface area (Å²) < 4.78 is 15.8. The summed E-state index contributed by atoms with van der Waals surface area (Å²) in [5.74, 6) is -3.30. The molecule has 172 valence electrons. The maximum Gasteiger partial charge on any atom is 0.310 e. The first-order valence-corrected chi connectivity index (χ1v) is 11.6. The van der Waals surface area contributed by atoms with Crippen LogP contribution in [0.15, 0.2) is 0 Å². The van der Waals surface area contributed by atoms with Gasteiger partial charge >= 0.3 is 17.9 Å². The van der Waals surface area contributed by atoms with Crippen molar-refractivity contribution in [3.05, 3.63) is 0 Å². The normalized spacial score (nSPS) is 39.6. The Balaban J connectivity index is 2.08. The van der Waals surface area contributed by atoms with Crippen molar-refractivity contribution in [3.63, 3.8) is 0 Å². The molecule has 0 aromatic rings. The molecule has 3 rings (SSSR count). The molecule has 0 spiro atoms. The number of thioether (sulfide) groups is 1. The van der Waals surface area contributed by atoms with Gasteiger partial charge in [-0.15, -0.1) is 0 Å². The first-order chi connectivity index (χ1) is 14.5. The number of rotatable bonds is 4. The Bertz CT molecular complexity index is 809. The van der Waals surface area contributed by atoms with Gasteiger partial charge in [0.2, 0.25) is 5.12 Å². The molecule has 3 aliphatic rings. The number of ketones is 1. The summed E-state index contributed by atoms with van der Waals surface area (Å²) >= 11 is 1.08. The molecule has 8 nitrogen and oxygen atoms in total. The van der Waals surface area contributed by atoms with E-state index in [9.17, 15) is 24.0 Å². The van der Waals surface area contributed by atoms with Crippen LogP contribution in [0, 0.1) is 28.6 Å². The van der Waals surface area contributed by atoms with Gasteiger partial charge in [0.25, 0.3) is 0 Å². The smallest absolute Gasteiger partial charge is 0.310 e. The van der Waals surface area contributed by atoms with Crippen LogP contribution in [0.25, 0.3) is 0 Å². The summed E-state index contributed by atoms with van der Waals surface area (Å²) in [6.45, 7) is 6.76. The van der Waals surface area contributed by atoms with E-state index in [1.54, 1.807) is 0 Å². The third-order valence-corrected chi connectivity index (χ3v) is 8.28. The Kier molecular flexibility index (Phi) is 6.56. The first-order valence-electron chi connectivity index (χ1n) is 10.7. The number of carbonyl (C=O) groups is 5. The molecule has 0 unspecified atom stereocenters. The standard InChI is InChI=1S/C22H30O8S/c1-6-31-20(27)15-10-22(4)12(19(26)30-15)7-8-21(3)13(18(25)28-5)9-14(29-11(2)23)16(24)17(21)22/h12-15,17H,6-10H2,1-5H3/t12-,13-,14-,15-,17-,21-,22-/m0/s1. The Morgan fingerprint density at radius 3 is 2.45 bits per heavy atom. The zero-order chi connectivity index (χ0) is 23.1. The molecule has 7 atom stereocenters. The lowest BCUT2D eigenvalue weighted by atomic mass is 9.43. The fourth-order valence-electron chi connectivity index (χ4n) is 6.19. The zero-order valence-corrected chi connectivity index (χ0v) is 19.4. The maximum absolute atomic E-state index is 13.7. The molecular weight excluding hydrogens is 424 g/mol. The van der Waals surface area contributed by atoms with Gasteiger partial charge in [-0.05, 0) is 35.8 Å². The molecule has 9 heteroatoms. The molecule has 0 aromatic heterocycles. The lowest BCUT2D eigenvalue weighted by Crippen LogP contribution is -2.65. The molecule has 3 fully saturated rings. The van der Waals surface area contributed by atoms with E-state index >= 15 is 0 Å². The molecule has 31 heavy (non-hydrogen) atoms. The molecule has 2 aliphatic carbocycles. The highest BCUT2D eigenvalue weighted by Crippen LogP contribution is 2.64. The van der Waals surface area contributed by atoms with Gasteiger partial charge in [0.15, 0.2) is 18.0 Å². The number of carbonyl (C=O) groups excluding carboxylic acids is 5. The van der Waals surface area contributed by atoms with Gasteiger partial charge in [-0.1, -0.05) is 32.5 Å². The molecule has 0 amide bonds. The van der Waals surface area contributed by atoms with Crippen LogP contribution in [0.3, 0.4) is 0 Å². The fourth-order valence-corrected chi connectivity index (χ4v) is 6.79. The van der Waals surface area contributed by atoms with Crippen molar-refractivity contribution >= 4 is 40.6 Å². The molecular formula is C22H30O8S. The minimum atomic E-state index is -1.09. The Morgan fingerprint density at radius 2 is 1.87 bits per heavy atom. The van der Waals surface area contributed by atoms with Crippen LogP contribution >= 0.6 is 11.8 Å². The number of esters is 3. The number of hydrogen-bond donors (Lipinski definition) is 0. The molecule has 1 heterocycles. The van der Waals surface area contributed by atoms with Crippen molar-refractivity contribution in [2.75, 3.05) is 12.9 Å². The van der Waals surface area contributed by atoms with Crippen LogP contribution < -0.4 is 0 Å². The highest BCUT2D eigenvalue weighted by atomic mass is 32.2. The minimum Gasteiger partial charge on any atom is -0.469 e. The van der Waals surface area contributed by atoms with E-state index < -0.39 is 58.7 Å². The van der Waals surface area contributed by atoms with Crippen molar-refractivity contribution in [3.8, 4) is 0 Å². The van der Waals surface area contributed by atoms with Gasteiger partial charge in [-0.2, -0.15) is 0 Å². The van der Waals surface area contributed by atoms with Crippen molar-refractivity contribution in [2.24, 2.45) is 28.6 Å². The van der Waals surface area contributed by atoms with Gasteiger partial charge in [0.05, 0.1) is 18.9 Å². The lowest BCUT2D eigenvalue weighted by Gasteiger charge is -2.60. The number of Topliss-reactive ketones (excluding diaryl/α,β-unsaturated/α-hetero) is 1. The average molecular weight is 455 g/mol. The number of hydrogen-bond acceptors (Lipinski definition) is 9. The topological polar surface area (TPSA) is 113 Å². The monoisotopic (exact) mass is 454 g/mol. The average Bonchev–Trinajstić information content (AvgIpc) is 2.68. The summed E-state index contributed by atoms with van der Waals surface area (Å²) in [4.78, 5) is 63.5. The number of fused-ring (bicyclic) bond motifs is 3. The van der Waals surface area contributed by atoms with Crippen LogP contribution in [0.2, 0.25) is 0 Å². The first kappa shape index (κ1) is 23.8. The minimum absolute atomic E-state index is 0.0529. The summed E-state index contributed by atoms with van der Waals surface area (Å²) in [6.07, 6.45) is -0.886. The molecule has 0 bridgehead atoms. The van der Waals surface area contributed by atoms with Crippen LogP contribution in [0.4, 0.5) is 0 Å². The van der Waals surface area contributed by atoms with Crippen LogP contribution in [0.5, 0.6) is 0 Å². The highest BCUT2D eigenvalue weighted by Gasteiger charge is 2.68. The molecule has 0 aromatic carbocycles. The summed E-state index contributed by atoms with van der Waals surface area (Å²) in [5, 5.41) is -0.243. The largest absolute Gasteiger partial charge is 0.469 e. The second-order valence-electron chi connectivity index (χ2n) is 9.23. The zero-order valence-electron chi connectivity index (χ0n) is 18.6. The van der Waals surface area contributed by atoms with Gasteiger partial charge < -0.3 is 14.2 Å². The number of methoxy groups -OCH3 is 1. The molecule has 0 N–H and O–H groups in total. The Morgan fingerprint density at radius 1 is 1.19 bits per heavy atom. The maximum atomic E-state index is 13.7. The Hall–Kier alpha value is -1.90. The fraction of sp³-hybridized carbons (Fsp3) is 0.773.